The number of nitrogens with zero attached hydrogens (tertiary/aromatic N) is 3. The van der Waals surface area contributed by atoms with Crippen molar-refractivity contribution in [3.8, 4) is 0 Å². The summed E-state index contributed by atoms with van der Waals surface area (Å²) < 4.78 is 14.5. The minimum Gasteiger partial charge on any atom is -0.354 e. The molecule has 0 spiro atoms. The molecule has 1 aromatic heterocycles. The molecule has 1 amide bonds. The van der Waals surface area contributed by atoms with Crippen molar-refractivity contribution in [2.45, 2.75) is 13.0 Å². The molecule has 0 radical (unpaired) electrons. The molecule has 26 heavy (non-hydrogen) atoms. The third kappa shape index (κ3) is 4.52. The first kappa shape index (κ1) is 19.1. The number of anilines is 2. The molecule has 0 aliphatic carbocycles. The molecule has 1 aromatic carbocycles. The lowest BCUT2D eigenvalue weighted by Gasteiger charge is -2.38. The zero-order valence-electron chi connectivity index (χ0n) is 14.3. The van der Waals surface area contributed by atoms with E-state index in [2.05, 4.69) is 36.0 Å². The monoisotopic (exact) mass is 440 g/mol. The van der Waals surface area contributed by atoms with Gasteiger partial charge in [-0.15, -0.1) is 0 Å². The normalized spacial score (nSPS) is 16.4. The van der Waals surface area contributed by atoms with E-state index in [1.54, 1.807) is 18.3 Å². The molecule has 5 nitrogen and oxygen atoms in total. The highest BCUT2D eigenvalue weighted by Crippen LogP contribution is 2.21. The molecule has 1 atom stereocenters. The molecule has 0 bridgehead atoms. The molecule has 1 saturated heterocycles. The van der Waals surface area contributed by atoms with Gasteiger partial charge in [-0.2, -0.15) is 0 Å². The summed E-state index contributed by atoms with van der Waals surface area (Å²) in [5.74, 6) is 0.200. The van der Waals surface area contributed by atoms with Crippen molar-refractivity contribution in [3.63, 3.8) is 0 Å². The van der Waals surface area contributed by atoms with Gasteiger partial charge in [0.05, 0.1) is 16.8 Å². The van der Waals surface area contributed by atoms with Gasteiger partial charge in [0.1, 0.15) is 11.6 Å². The van der Waals surface area contributed by atoms with Gasteiger partial charge in [-0.1, -0.05) is 27.5 Å². The molecule has 1 N–H and O–H groups in total. The predicted molar refractivity (Wildman–Crippen MR) is 105 cm³/mol. The van der Waals surface area contributed by atoms with Crippen LogP contribution in [0, 0.1) is 5.82 Å². The first-order chi connectivity index (χ1) is 12.4. The zero-order valence-corrected chi connectivity index (χ0v) is 16.6. The Bertz CT molecular complexity index is 781. The SMILES string of the molecule is CC(C(=O)Nc1ccc(Br)cc1F)N1CCN(c2ccc(Cl)cn2)CC1. The molecule has 1 unspecified atom stereocenters. The molecule has 2 aromatic rings. The second kappa shape index (κ2) is 8.33. The number of rotatable bonds is 4. The molecule has 0 saturated carbocycles. The van der Waals surface area contributed by atoms with Gasteiger partial charge < -0.3 is 10.2 Å². The highest BCUT2D eigenvalue weighted by Gasteiger charge is 2.26. The largest absolute Gasteiger partial charge is 0.354 e. The third-order valence-corrected chi connectivity index (χ3v) is 5.18. The van der Waals surface area contributed by atoms with E-state index in [1.807, 2.05) is 19.1 Å². The Hall–Kier alpha value is -1.70. The number of hydrogen-bond acceptors (Lipinski definition) is 4. The average molecular weight is 442 g/mol. The van der Waals surface area contributed by atoms with Gasteiger partial charge >= 0.3 is 0 Å². The van der Waals surface area contributed by atoms with E-state index in [-0.39, 0.29) is 17.6 Å². The molecule has 8 heteroatoms. The van der Waals surface area contributed by atoms with Crippen molar-refractivity contribution in [2.24, 2.45) is 0 Å². The van der Waals surface area contributed by atoms with E-state index in [1.165, 1.54) is 6.07 Å². The molecule has 1 aliphatic heterocycles. The van der Waals surface area contributed by atoms with Crippen molar-refractivity contribution in [3.05, 3.63) is 51.8 Å². The van der Waals surface area contributed by atoms with Crippen LogP contribution in [0.2, 0.25) is 5.02 Å². The smallest absolute Gasteiger partial charge is 0.241 e. The summed E-state index contributed by atoms with van der Waals surface area (Å²) in [5, 5.41) is 3.28. The molecule has 2 heterocycles. The summed E-state index contributed by atoms with van der Waals surface area (Å²) in [6.45, 7) is 4.81. The summed E-state index contributed by atoms with van der Waals surface area (Å²) in [7, 11) is 0. The second-order valence-corrected chi connectivity index (χ2v) is 7.50. The average Bonchev–Trinajstić information content (AvgIpc) is 2.64. The topological polar surface area (TPSA) is 48.5 Å². The number of pyridine rings is 1. The van der Waals surface area contributed by atoms with Gasteiger partial charge in [0.15, 0.2) is 0 Å². The van der Waals surface area contributed by atoms with Crippen LogP contribution in [0.5, 0.6) is 0 Å². The number of halogens is 3. The number of amides is 1. The fourth-order valence-electron chi connectivity index (χ4n) is 2.89. The quantitative estimate of drug-likeness (QED) is 0.784. The number of carbonyl (C=O) groups excluding carboxylic acids is 1. The van der Waals surface area contributed by atoms with E-state index < -0.39 is 5.82 Å². The van der Waals surface area contributed by atoms with E-state index in [0.29, 0.717) is 9.50 Å². The number of aromatic nitrogens is 1. The number of nitrogens with one attached hydrogen (secondary N) is 1. The van der Waals surface area contributed by atoms with Crippen molar-refractivity contribution in [2.75, 3.05) is 36.4 Å². The summed E-state index contributed by atoms with van der Waals surface area (Å²) in [6, 6.07) is 7.94. The van der Waals surface area contributed by atoms with Crippen LogP contribution in [0.1, 0.15) is 6.92 Å². The highest BCUT2D eigenvalue weighted by atomic mass is 79.9. The number of hydrogen-bond donors (Lipinski definition) is 1. The summed E-state index contributed by atoms with van der Waals surface area (Å²) in [6.07, 6.45) is 1.63. The van der Waals surface area contributed by atoms with Crippen LogP contribution < -0.4 is 10.2 Å². The van der Waals surface area contributed by atoms with Crippen LogP contribution in [-0.4, -0.2) is 48.0 Å². The number of benzene rings is 1. The lowest BCUT2D eigenvalue weighted by molar-refractivity contribution is -0.120. The molecule has 138 valence electrons. The van der Waals surface area contributed by atoms with Gasteiger partial charge in [-0.25, -0.2) is 9.37 Å². The standard InChI is InChI=1S/C18H19BrClFN4O/c1-12(18(26)23-16-4-2-13(19)10-15(16)21)24-6-8-25(9-7-24)17-5-3-14(20)11-22-17/h2-5,10-12H,6-9H2,1H3,(H,23,26). The fourth-order valence-corrected chi connectivity index (χ4v) is 3.33. The maximum Gasteiger partial charge on any atom is 0.241 e. The van der Waals surface area contributed by atoms with E-state index in [9.17, 15) is 9.18 Å². The second-order valence-electron chi connectivity index (χ2n) is 6.15. The highest BCUT2D eigenvalue weighted by molar-refractivity contribution is 9.10. The first-order valence-corrected chi connectivity index (χ1v) is 9.47. The first-order valence-electron chi connectivity index (χ1n) is 8.30. The zero-order chi connectivity index (χ0) is 18.7. The molecular weight excluding hydrogens is 423 g/mol. The maximum absolute atomic E-state index is 13.9. The van der Waals surface area contributed by atoms with Crippen LogP contribution >= 0.6 is 27.5 Å². The Morgan fingerprint density at radius 1 is 1.27 bits per heavy atom. The van der Waals surface area contributed by atoms with Crippen LogP contribution in [0.25, 0.3) is 0 Å². The maximum atomic E-state index is 13.9. The minimum absolute atomic E-state index is 0.189. The Morgan fingerprint density at radius 2 is 2.00 bits per heavy atom. The lowest BCUT2D eigenvalue weighted by Crippen LogP contribution is -2.53. The van der Waals surface area contributed by atoms with E-state index in [0.717, 1.165) is 32.0 Å². The summed E-state index contributed by atoms with van der Waals surface area (Å²) in [4.78, 5) is 21.0. The number of carbonyl (C=O) groups is 1. The number of piperazine rings is 1. The third-order valence-electron chi connectivity index (χ3n) is 4.47. The van der Waals surface area contributed by atoms with Crippen LogP contribution in [0.3, 0.4) is 0 Å². The van der Waals surface area contributed by atoms with Crippen molar-refractivity contribution in [1.29, 1.82) is 0 Å². The van der Waals surface area contributed by atoms with Gasteiger partial charge in [0, 0.05) is 36.8 Å². The van der Waals surface area contributed by atoms with Gasteiger partial charge in [0.2, 0.25) is 5.91 Å². The Kier molecular flexibility index (Phi) is 6.11. The fraction of sp³-hybridized carbons (Fsp3) is 0.333. The van der Waals surface area contributed by atoms with Crippen LogP contribution in [-0.2, 0) is 4.79 Å². The molecule has 3 rings (SSSR count). The Morgan fingerprint density at radius 3 is 2.62 bits per heavy atom. The summed E-state index contributed by atoms with van der Waals surface area (Å²) >= 11 is 9.08. The molecule has 1 fully saturated rings. The van der Waals surface area contributed by atoms with Gasteiger partial charge in [-0.3, -0.25) is 9.69 Å². The van der Waals surface area contributed by atoms with Crippen molar-refractivity contribution in [1.82, 2.24) is 9.88 Å². The lowest BCUT2D eigenvalue weighted by atomic mass is 10.2. The van der Waals surface area contributed by atoms with Crippen LogP contribution in [0.15, 0.2) is 41.0 Å². The van der Waals surface area contributed by atoms with Crippen molar-refractivity contribution < 1.29 is 9.18 Å². The minimum atomic E-state index is -0.460. The molecule has 1 aliphatic rings. The Labute approximate surface area is 165 Å². The van der Waals surface area contributed by atoms with Gasteiger partial charge in [0.25, 0.3) is 0 Å². The Balaban J connectivity index is 1.56. The van der Waals surface area contributed by atoms with E-state index >= 15 is 0 Å². The molecular formula is C18H19BrClFN4O. The predicted octanol–water partition coefficient (Wildman–Crippen LogP) is 3.79. The van der Waals surface area contributed by atoms with Crippen LogP contribution in [0.4, 0.5) is 15.9 Å². The van der Waals surface area contributed by atoms with Gasteiger partial charge in [-0.05, 0) is 37.3 Å². The van der Waals surface area contributed by atoms with Crippen molar-refractivity contribution >= 4 is 44.9 Å². The van der Waals surface area contributed by atoms with E-state index in [4.69, 9.17) is 11.6 Å². The summed E-state index contributed by atoms with van der Waals surface area (Å²) in [5.41, 5.74) is 0.189.